The molecule has 0 atom stereocenters. The molecule has 0 aliphatic heterocycles. The number of pyridine rings is 1. The summed E-state index contributed by atoms with van der Waals surface area (Å²) in [5.41, 5.74) is 4.35. The van der Waals surface area contributed by atoms with Crippen LogP contribution in [-0.2, 0) is 12.6 Å². The maximum Gasteiger partial charge on any atom is 0.416 e. The van der Waals surface area contributed by atoms with Gasteiger partial charge < -0.3 is 15.8 Å². The summed E-state index contributed by atoms with van der Waals surface area (Å²) in [4.78, 5) is 27.2. The summed E-state index contributed by atoms with van der Waals surface area (Å²) >= 11 is 0. The molecule has 0 saturated heterocycles. The Morgan fingerprint density at radius 2 is 1.78 bits per heavy atom. The normalized spacial score (nSPS) is 11.1. The average Bonchev–Trinajstić information content (AvgIpc) is 2.73. The maximum absolute atomic E-state index is 13.5. The van der Waals surface area contributed by atoms with E-state index in [0.29, 0.717) is 30.1 Å². The molecule has 0 saturated carbocycles. The number of primary amides is 1. The van der Waals surface area contributed by atoms with Gasteiger partial charge in [-0.05, 0) is 48.4 Å². The fourth-order valence-electron chi connectivity index (χ4n) is 2.82. The Morgan fingerprint density at radius 1 is 1.03 bits per heavy atom. The van der Waals surface area contributed by atoms with E-state index in [0.717, 1.165) is 11.6 Å². The van der Waals surface area contributed by atoms with Crippen molar-refractivity contribution in [3.05, 3.63) is 89.0 Å². The Balaban J connectivity index is 1.61. The highest BCUT2D eigenvalue weighted by atomic mass is 19.4. The van der Waals surface area contributed by atoms with Gasteiger partial charge in [-0.1, -0.05) is 12.1 Å². The van der Waals surface area contributed by atoms with Gasteiger partial charge in [-0.2, -0.15) is 13.2 Å². The van der Waals surface area contributed by atoms with Crippen molar-refractivity contribution >= 4 is 11.8 Å². The van der Waals surface area contributed by atoms with E-state index in [2.05, 4.69) is 10.3 Å². The Labute approximate surface area is 180 Å². The molecule has 32 heavy (non-hydrogen) atoms. The first kappa shape index (κ1) is 22.7. The number of nitrogens with one attached hydrogen (secondary N) is 1. The van der Waals surface area contributed by atoms with E-state index in [1.54, 1.807) is 30.3 Å². The Kier molecular flexibility index (Phi) is 6.72. The van der Waals surface area contributed by atoms with E-state index in [9.17, 15) is 27.2 Å². The van der Waals surface area contributed by atoms with Gasteiger partial charge in [0.05, 0.1) is 5.56 Å². The number of rotatable bonds is 7. The predicted molar refractivity (Wildman–Crippen MR) is 107 cm³/mol. The molecule has 1 aromatic heterocycles. The van der Waals surface area contributed by atoms with Crippen LogP contribution in [0.3, 0.4) is 0 Å². The molecule has 3 aromatic rings. The molecule has 166 valence electrons. The second-order valence-corrected chi connectivity index (χ2v) is 6.72. The van der Waals surface area contributed by atoms with Gasteiger partial charge in [0.1, 0.15) is 23.0 Å². The summed E-state index contributed by atoms with van der Waals surface area (Å²) < 4.78 is 57.6. The zero-order chi connectivity index (χ0) is 23.3. The van der Waals surface area contributed by atoms with E-state index in [1.165, 1.54) is 12.3 Å². The van der Waals surface area contributed by atoms with Crippen molar-refractivity contribution in [1.29, 1.82) is 0 Å². The predicted octanol–water partition coefficient (Wildman–Crippen LogP) is 4.10. The number of halogens is 4. The number of nitrogens with two attached hydrogens (primary N) is 1. The molecule has 2 amide bonds. The van der Waals surface area contributed by atoms with Gasteiger partial charge >= 0.3 is 6.18 Å². The Bertz CT molecular complexity index is 1150. The molecular weight excluding hydrogens is 430 g/mol. The number of hydrogen-bond acceptors (Lipinski definition) is 4. The van der Waals surface area contributed by atoms with Crippen LogP contribution < -0.4 is 15.8 Å². The van der Waals surface area contributed by atoms with E-state index >= 15 is 0 Å². The largest absolute Gasteiger partial charge is 0.457 e. The summed E-state index contributed by atoms with van der Waals surface area (Å²) in [6, 6.07) is 11.5. The van der Waals surface area contributed by atoms with Gasteiger partial charge in [0.25, 0.3) is 11.8 Å². The quantitative estimate of drug-likeness (QED) is 0.533. The summed E-state index contributed by atoms with van der Waals surface area (Å²) in [7, 11) is 0. The number of benzene rings is 2. The van der Waals surface area contributed by atoms with E-state index < -0.39 is 34.9 Å². The number of ether oxygens (including phenoxy) is 1. The summed E-state index contributed by atoms with van der Waals surface area (Å²) in [5.74, 6) is -1.86. The molecule has 0 aliphatic carbocycles. The van der Waals surface area contributed by atoms with Crippen molar-refractivity contribution in [2.24, 2.45) is 5.73 Å². The molecule has 0 spiro atoms. The monoisotopic (exact) mass is 447 g/mol. The van der Waals surface area contributed by atoms with Crippen LogP contribution in [0.15, 0.2) is 60.8 Å². The lowest BCUT2D eigenvalue weighted by molar-refractivity contribution is -0.137. The number of amides is 2. The van der Waals surface area contributed by atoms with Crippen LogP contribution in [0.5, 0.6) is 11.5 Å². The topological polar surface area (TPSA) is 94.3 Å². The fraction of sp³-hybridized carbons (Fsp3) is 0.136. The lowest BCUT2D eigenvalue weighted by Gasteiger charge is -2.11. The van der Waals surface area contributed by atoms with Crippen LogP contribution in [0.2, 0.25) is 0 Å². The molecule has 0 bridgehead atoms. The highest BCUT2D eigenvalue weighted by molar-refractivity contribution is 5.94. The zero-order valence-corrected chi connectivity index (χ0v) is 16.4. The standard InChI is InChI=1S/C22H17F4N3O3/c23-16-10-14(9-15(11-16)22(24,25)26)21(31)29-6-4-13-2-1-3-17(8-13)32-18-5-7-28-19(12-18)20(27)30/h1-3,5,7-12H,4,6H2,(H2,27,30)(H,29,31). The smallest absolute Gasteiger partial charge is 0.416 e. The molecule has 0 fully saturated rings. The number of nitrogens with zero attached hydrogens (tertiary/aromatic N) is 1. The van der Waals surface area contributed by atoms with Crippen LogP contribution in [0.4, 0.5) is 17.6 Å². The molecule has 3 rings (SSSR count). The van der Waals surface area contributed by atoms with E-state index in [4.69, 9.17) is 10.5 Å². The third-order valence-corrected chi connectivity index (χ3v) is 4.30. The fourth-order valence-corrected chi connectivity index (χ4v) is 2.82. The van der Waals surface area contributed by atoms with Crippen LogP contribution in [0, 0.1) is 5.82 Å². The van der Waals surface area contributed by atoms with Gasteiger partial charge in [-0.15, -0.1) is 0 Å². The highest BCUT2D eigenvalue weighted by Gasteiger charge is 2.32. The van der Waals surface area contributed by atoms with E-state index in [-0.39, 0.29) is 12.2 Å². The van der Waals surface area contributed by atoms with Crippen LogP contribution in [0.1, 0.15) is 32.0 Å². The molecule has 0 aliphatic rings. The molecule has 0 unspecified atom stereocenters. The van der Waals surface area contributed by atoms with Crippen molar-refractivity contribution in [1.82, 2.24) is 10.3 Å². The Morgan fingerprint density at radius 3 is 2.50 bits per heavy atom. The van der Waals surface area contributed by atoms with Crippen LogP contribution in [0.25, 0.3) is 0 Å². The minimum absolute atomic E-state index is 0.0485. The third kappa shape index (κ3) is 6.03. The van der Waals surface area contributed by atoms with Gasteiger partial charge in [-0.25, -0.2) is 4.39 Å². The second kappa shape index (κ2) is 9.46. The molecule has 1 heterocycles. The second-order valence-electron chi connectivity index (χ2n) is 6.72. The molecule has 10 heteroatoms. The highest BCUT2D eigenvalue weighted by Crippen LogP contribution is 2.30. The number of alkyl halides is 3. The lowest BCUT2D eigenvalue weighted by Crippen LogP contribution is -2.26. The van der Waals surface area contributed by atoms with Crippen molar-refractivity contribution < 1.29 is 31.9 Å². The first-order chi connectivity index (χ1) is 15.1. The molecule has 6 nitrogen and oxygen atoms in total. The summed E-state index contributed by atoms with van der Waals surface area (Å²) in [5, 5.41) is 2.47. The van der Waals surface area contributed by atoms with E-state index in [1.807, 2.05) is 0 Å². The zero-order valence-electron chi connectivity index (χ0n) is 16.4. The van der Waals surface area contributed by atoms with Gasteiger partial charge in [0, 0.05) is 24.4 Å². The van der Waals surface area contributed by atoms with Gasteiger partial charge in [0.2, 0.25) is 0 Å². The number of carbonyl (C=O) groups excluding carboxylic acids is 2. The van der Waals surface area contributed by atoms with Crippen molar-refractivity contribution in [2.75, 3.05) is 6.54 Å². The van der Waals surface area contributed by atoms with Crippen molar-refractivity contribution in [3.8, 4) is 11.5 Å². The summed E-state index contributed by atoms with van der Waals surface area (Å²) in [6.07, 6.45) is -3.04. The van der Waals surface area contributed by atoms with Crippen LogP contribution in [-0.4, -0.2) is 23.3 Å². The first-order valence-electron chi connectivity index (χ1n) is 9.30. The SMILES string of the molecule is NC(=O)c1cc(Oc2cccc(CCNC(=O)c3cc(F)cc(C(F)(F)F)c3)c2)ccn1. The lowest BCUT2D eigenvalue weighted by atomic mass is 10.1. The van der Waals surface area contributed by atoms with Gasteiger partial charge in [0.15, 0.2) is 0 Å². The molecular formula is C22H17F4N3O3. The van der Waals surface area contributed by atoms with Crippen molar-refractivity contribution in [3.63, 3.8) is 0 Å². The first-order valence-corrected chi connectivity index (χ1v) is 9.30. The van der Waals surface area contributed by atoms with Crippen molar-refractivity contribution in [2.45, 2.75) is 12.6 Å². The third-order valence-electron chi connectivity index (χ3n) is 4.30. The molecule has 0 radical (unpaired) electrons. The van der Waals surface area contributed by atoms with Crippen LogP contribution >= 0.6 is 0 Å². The minimum atomic E-state index is -4.76. The maximum atomic E-state index is 13.5. The average molecular weight is 447 g/mol. The number of aromatic nitrogens is 1. The van der Waals surface area contributed by atoms with Gasteiger partial charge in [-0.3, -0.25) is 14.6 Å². The number of carbonyl (C=O) groups is 2. The number of hydrogen-bond donors (Lipinski definition) is 2. The molecule has 2 aromatic carbocycles. The summed E-state index contributed by atoms with van der Waals surface area (Å²) in [6.45, 7) is 0.0984. The molecule has 3 N–H and O–H groups in total. The minimum Gasteiger partial charge on any atom is -0.457 e. The Hall–Kier alpha value is -3.95.